The van der Waals surface area contributed by atoms with Crippen LogP contribution in [0.25, 0.3) is 0 Å². The number of fused-ring (bicyclic) bond motifs is 1. The highest BCUT2D eigenvalue weighted by atomic mass is 15.0. The lowest BCUT2D eigenvalue weighted by Gasteiger charge is -2.35. The predicted molar refractivity (Wildman–Crippen MR) is 90.5 cm³/mol. The molecule has 116 valence electrons. The summed E-state index contributed by atoms with van der Waals surface area (Å²) in [5, 5.41) is 4.02. The number of aryl methyl sites for hydroxylation is 1. The van der Waals surface area contributed by atoms with E-state index in [4.69, 9.17) is 0 Å². The van der Waals surface area contributed by atoms with E-state index in [1.165, 1.54) is 51.4 Å². The molecule has 0 radical (unpaired) electrons. The third kappa shape index (κ3) is 3.88. The van der Waals surface area contributed by atoms with E-state index < -0.39 is 0 Å². The van der Waals surface area contributed by atoms with Crippen LogP contribution in [0.2, 0.25) is 0 Å². The van der Waals surface area contributed by atoms with Crippen LogP contribution in [0.3, 0.4) is 0 Å². The molecule has 1 N–H and O–H groups in total. The number of nitrogens with one attached hydrogen (secondary N) is 1. The zero-order valence-electron chi connectivity index (χ0n) is 13.8. The first-order chi connectivity index (χ1) is 10.2. The lowest BCUT2D eigenvalue weighted by molar-refractivity contribution is 0.234. The Balaban J connectivity index is 1.62. The van der Waals surface area contributed by atoms with Crippen LogP contribution in [0.5, 0.6) is 0 Å². The molecule has 1 fully saturated rings. The molecule has 0 aliphatic heterocycles. The van der Waals surface area contributed by atoms with Crippen LogP contribution in [0.1, 0.15) is 76.0 Å². The molecule has 1 aromatic carbocycles. The van der Waals surface area contributed by atoms with Gasteiger partial charge >= 0.3 is 0 Å². The molecule has 3 rings (SSSR count). The fourth-order valence-corrected chi connectivity index (χ4v) is 4.53. The number of benzene rings is 1. The first-order valence-electron chi connectivity index (χ1n) is 9.06. The molecule has 0 bridgehead atoms. The van der Waals surface area contributed by atoms with Crippen LogP contribution in [-0.2, 0) is 6.42 Å². The molecule has 1 nitrogen and oxygen atoms in total. The molecule has 0 heterocycles. The Bertz CT molecular complexity index is 451. The van der Waals surface area contributed by atoms with Crippen molar-refractivity contribution >= 4 is 0 Å². The van der Waals surface area contributed by atoms with E-state index in [0.29, 0.717) is 6.04 Å². The molecular weight excluding hydrogens is 254 g/mol. The van der Waals surface area contributed by atoms with Gasteiger partial charge in [-0.25, -0.2) is 0 Å². The summed E-state index contributed by atoms with van der Waals surface area (Å²) in [6.45, 7) is 4.74. The van der Waals surface area contributed by atoms with Crippen molar-refractivity contribution in [2.75, 3.05) is 0 Å². The molecule has 2 aliphatic rings. The Labute approximate surface area is 130 Å². The standard InChI is InChI=1S/C20H31N/c1-15(2)13-16-7-5-10-18(14-16)21-20-12-6-9-17-8-3-4-11-19(17)20/h3-4,8,11,15-16,18,20-21H,5-7,9-10,12-14H2,1-2H3. The summed E-state index contributed by atoms with van der Waals surface area (Å²) in [4.78, 5) is 0. The van der Waals surface area contributed by atoms with E-state index in [2.05, 4.69) is 43.4 Å². The van der Waals surface area contributed by atoms with Gasteiger partial charge in [0.1, 0.15) is 0 Å². The van der Waals surface area contributed by atoms with Crippen molar-refractivity contribution in [2.24, 2.45) is 11.8 Å². The van der Waals surface area contributed by atoms with Gasteiger partial charge in [0.15, 0.2) is 0 Å². The van der Waals surface area contributed by atoms with E-state index in [1.54, 1.807) is 11.1 Å². The van der Waals surface area contributed by atoms with Crippen molar-refractivity contribution in [3.05, 3.63) is 35.4 Å². The summed E-state index contributed by atoms with van der Waals surface area (Å²) in [6, 6.07) is 10.4. The Kier molecular flexibility index (Phi) is 5.00. The topological polar surface area (TPSA) is 12.0 Å². The third-order valence-corrected chi connectivity index (χ3v) is 5.39. The second-order valence-electron chi connectivity index (χ2n) is 7.67. The summed E-state index contributed by atoms with van der Waals surface area (Å²) < 4.78 is 0. The molecule has 2 aliphatic carbocycles. The summed E-state index contributed by atoms with van der Waals surface area (Å²) in [7, 11) is 0. The molecule has 0 saturated heterocycles. The monoisotopic (exact) mass is 285 g/mol. The van der Waals surface area contributed by atoms with Gasteiger partial charge in [-0.3, -0.25) is 0 Å². The Hall–Kier alpha value is -0.820. The molecule has 1 heteroatoms. The van der Waals surface area contributed by atoms with E-state index in [0.717, 1.165) is 17.9 Å². The zero-order valence-corrected chi connectivity index (χ0v) is 13.8. The van der Waals surface area contributed by atoms with Crippen molar-refractivity contribution in [1.29, 1.82) is 0 Å². The van der Waals surface area contributed by atoms with Crippen molar-refractivity contribution in [3.63, 3.8) is 0 Å². The van der Waals surface area contributed by atoms with Gasteiger partial charge < -0.3 is 5.32 Å². The lowest BCUT2D eigenvalue weighted by Crippen LogP contribution is -2.38. The summed E-state index contributed by atoms with van der Waals surface area (Å²) in [5.41, 5.74) is 3.16. The largest absolute Gasteiger partial charge is 0.307 e. The minimum absolute atomic E-state index is 0.609. The minimum atomic E-state index is 0.609. The maximum atomic E-state index is 4.02. The first kappa shape index (κ1) is 15.1. The van der Waals surface area contributed by atoms with Gasteiger partial charge in [-0.15, -0.1) is 0 Å². The zero-order chi connectivity index (χ0) is 14.7. The molecule has 1 saturated carbocycles. The SMILES string of the molecule is CC(C)CC1CCCC(NC2CCCc3ccccc32)C1. The highest BCUT2D eigenvalue weighted by molar-refractivity contribution is 5.32. The maximum Gasteiger partial charge on any atom is 0.0325 e. The van der Waals surface area contributed by atoms with Crippen LogP contribution in [0, 0.1) is 11.8 Å². The fraction of sp³-hybridized carbons (Fsp3) is 0.700. The Morgan fingerprint density at radius 3 is 2.81 bits per heavy atom. The quantitative estimate of drug-likeness (QED) is 0.796. The molecule has 3 atom stereocenters. The smallest absolute Gasteiger partial charge is 0.0325 e. The van der Waals surface area contributed by atoms with Crippen LogP contribution >= 0.6 is 0 Å². The molecule has 21 heavy (non-hydrogen) atoms. The highest BCUT2D eigenvalue weighted by Gasteiger charge is 2.27. The van der Waals surface area contributed by atoms with Gasteiger partial charge in [-0.2, -0.15) is 0 Å². The highest BCUT2D eigenvalue weighted by Crippen LogP contribution is 2.34. The number of hydrogen-bond donors (Lipinski definition) is 1. The van der Waals surface area contributed by atoms with Crippen molar-refractivity contribution < 1.29 is 0 Å². The van der Waals surface area contributed by atoms with Gasteiger partial charge in [-0.05, 0) is 61.5 Å². The van der Waals surface area contributed by atoms with Gasteiger partial charge in [0.05, 0.1) is 0 Å². The second kappa shape index (κ2) is 6.96. The Morgan fingerprint density at radius 1 is 1.10 bits per heavy atom. The third-order valence-electron chi connectivity index (χ3n) is 5.39. The number of rotatable bonds is 4. The van der Waals surface area contributed by atoms with Crippen LogP contribution < -0.4 is 5.32 Å². The fourth-order valence-electron chi connectivity index (χ4n) is 4.53. The number of hydrogen-bond acceptors (Lipinski definition) is 1. The first-order valence-corrected chi connectivity index (χ1v) is 9.06. The molecule has 0 amide bonds. The molecule has 0 spiro atoms. The predicted octanol–water partition coefficient (Wildman–Crippen LogP) is 5.26. The van der Waals surface area contributed by atoms with Crippen LogP contribution in [0.4, 0.5) is 0 Å². The summed E-state index contributed by atoms with van der Waals surface area (Å²) in [6.07, 6.45) is 11.0. The lowest BCUT2D eigenvalue weighted by atomic mass is 9.80. The molecule has 3 unspecified atom stereocenters. The van der Waals surface area contributed by atoms with Crippen LogP contribution in [-0.4, -0.2) is 6.04 Å². The van der Waals surface area contributed by atoms with Gasteiger partial charge in [0.2, 0.25) is 0 Å². The van der Waals surface area contributed by atoms with Crippen molar-refractivity contribution in [2.45, 2.75) is 77.3 Å². The summed E-state index contributed by atoms with van der Waals surface area (Å²) >= 11 is 0. The van der Waals surface area contributed by atoms with E-state index in [1.807, 2.05) is 0 Å². The molecule has 1 aromatic rings. The molecule has 0 aromatic heterocycles. The minimum Gasteiger partial charge on any atom is -0.307 e. The Morgan fingerprint density at radius 2 is 1.95 bits per heavy atom. The van der Waals surface area contributed by atoms with E-state index in [9.17, 15) is 0 Å². The van der Waals surface area contributed by atoms with Gasteiger partial charge in [0, 0.05) is 12.1 Å². The van der Waals surface area contributed by atoms with Crippen molar-refractivity contribution in [1.82, 2.24) is 5.32 Å². The average Bonchev–Trinajstić information content (AvgIpc) is 2.47. The van der Waals surface area contributed by atoms with Crippen LogP contribution in [0.15, 0.2) is 24.3 Å². The normalized spacial score (nSPS) is 29.4. The van der Waals surface area contributed by atoms with Gasteiger partial charge in [0.25, 0.3) is 0 Å². The van der Waals surface area contributed by atoms with E-state index in [-0.39, 0.29) is 0 Å². The average molecular weight is 285 g/mol. The van der Waals surface area contributed by atoms with Crippen molar-refractivity contribution in [3.8, 4) is 0 Å². The van der Waals surface area contributed by atoms with Gasteiger partial charge in [-0.1, -0.05) is 51.0 Å². The summed E-state index contributed by atoms with van der Waals surface area (Å²) in [5.74, 6) is 1.80. The van der Waals surface area contributed by atoms with E-state index >= 15 is 0 Å². The maximum absolute atomic E-state index is 4.02. The molecular formula is C20H31N. The second-order valence-corrected chi connectivity index (χ2v) is 7.67.